The Morgan fingerprint density at radius 2 is 1.38 bits per heavy atom. The van der Waals surface area contributed by atoms with Gasteiger partial charge in [0.15, 0.2) is 5.82 Å². The molecule has 0 N–H and O–H groups in total. The smallest absolute Gasteiger partial charge is 0.425 e. The average molecular weight is 397 g/mol. The average Bonchev–Trinajstić information content (AvgIpc) is 2.32. The molecule has 1 heterocycles. The van der Waals surface area contributed by atoms with E-state index in [9.17, 15) is 22.8 Å². The largest absolute Gasteiger partial charge is 0.443 e. The van der Waals surface area contributed by atoms with E-state index in [1.165, 1.54) is 0 Å². The summed E-state index contributed by atoms with van der Waals surface area (Å²) >= 11 is 5.57. The van der Waals surface area contributed by atoms with Gasteiger partial charge in [0.25, 0.3) is 0 Å². The van der Waals surface area contributed by atoms with Crippen LogP contribution in [0.5, 0.6) is 0 Å². The molecule has 0 saturated carbocycles. The molecular formula is C16H20ClF3N2O4. The van der Waals surface area contributed by atoms with Crippen molar-refractivity contribution < 1.29 is 32.2 Å². The van der Waals surface area contributed by atoms with Crippen molar-refractivity contribution in [2.75, 3.05) is 4.90 Å². The molecule has 10 heteroatoms. The van der Waals surface area contributed by atoms with Crippen LogP contribution in [0.25, 0.3) is 0 Å². The highest BCUT2D eigenvalue weighted by molar-refractivity contribution is 6.30. The SMILES string of the molecule is CC(C)(C)OC(=O)N(C(=O)OC(C)(C)C)c1ccc(C(F)(F)F)c(Cl)n1. The summed E-state index contributed by atoms with van der Waals surface area (Å²) in [7, 11) is 0. The summed E-state index contributed by atoms with van der Waals surface area (Å²) in [6.07, 6.45) is -7.05. The van der Waals surface area contributed by atoms with Gasteiger partial charge in [-0.05, 0) is 53.7 Å². The summed E-state index contributed by atoms with van der Waals surface area (Å²) in [5.74, 6) is -0.452. The summed E-state index contributed by atoms with van der Waals surface area (Å²) in [6.45, 7) is 9.37. The number of halogens is 4. The maximum absolute atomic E-state index is 12.8. The zero-order chi connectivity index (χ0) is 20.5. The number of anilines is 1. The number of pyridine rings is 1. The van der Waals surface area contributed by atoms with Gasteiger partial charge in [-0.1, -0.05) is 11.6 Å². The number of rotatable bonds is 1. The lowest BCUT2D eigenvalue weighted by Crippen LogP contribution is -2.44. The Bertz CT molecular complexity index is 666. The molecule has 0 aliphatic rings. The van der Waals surface area contributed by atoms with E-state index in [2.05, 4.69) is 4.98 Å². The highest BCUT2D eigenvalue weighted by atomic mass is 35.5. The molecule has 0 aliphatic carbocycles. The highest BCUT2D eigenvalue weighted by Gasteiger charge is 2.37. The topological polar surface area (TPSA) is 68.7 Å². The third-order valence-corrected chi connectivity index (χ3v) is 2.81. The minimum atomic E-state index is -4.73. The Morgan fingerprint density at radius 3 is 1.69 bits per heavy atom. The molecule has 0 bridgehead atoms. The maximum atomic E-state index is 12.8. The van der Waals surface area contributed by atoms with Gasteiger partial charge in [-0.25, -0.2) is 14.6 Å². The van der Waals surface area contributed by atoms with Crippen LogP contribution in [-0.4, -0.2) is 28.4 Å². The molecule has 1 aromatic heterocycles. The van der Waals surface area contributed by atoms with Crippen molar-refractivity contribution in [1.82, 2.24) is 4.98 Å². The predicted molar refractivity (Wildman–Crippen MR) is 89.2 cm³/mol. The summed E-state index contributed by atoms with van der Waals surface area (Å²) in [6, 6.07) is 1.45. The summed E-state index contributed by atoms with van der Waals surface area (Å²) in [5, 5.41) is -0.910. The number of aromatic nitrogens is 1. The van der Waals surface area contributed by atoms with Gasteiger partial charge in [-0.2, -0.15) is 18.1 Å². The first-order valence-electron chi connectivity index (χ1n) is 7.51. The van der Waals surface area contributed by atoms with Crippen LogP contribution in [0.1, 0.15) is 47.1 Å². The zero-order valence-electron chi connectivity index (χ0n) is 15.2. The first-order chi connectivity index (χ1) is 11.5. The van der Waals surface area contributed by atoms with Crippen LogP contribution in [0, 0.1) is 0 Å². The van der Waals surface area contributed by atoms with Gasteiger partial charge in [-0.3, -0.25) is 0 Å². The van der Waals surface area contributed by atoms with Gasteiger partial charge < -0.3 is 9.47 Å². The quantitative estimate of drug-likeness (QED) is 0.592. The molecule has 0 unspecified atom stereocenters. The molecule has 0 spiro atoms. The number of hydrogen-bond acceptors (Lipinski definition) is 5. The number of amides is 2. The minimum Gasteiger partial charge on any atom is -0.443 e. The highest BCUT2D eigenvalue weighted by Crippen LogP contribution is 2.35. The lowest BCUT2D eigenvalue weighted by atomic mass is 10.2. The molecule has 0 atom stereocenters. The third-order valence-electron chi connectivity index (χ3n) is 2.52. The van der Waals surface area contributed by atoms with E-state index in [4.69, 9.17) is 21.1 Å². The van der Waals surface area contributed by atoms with Gasteiger partial charge in [0, 0.05) is 0 Å². The maximum Gasteiger partial charge on any atom is 0.425 e. The molecule has 1 rings (SSSR count). The number of nitrogens with zero attached hydrogens (tertiary/aromatic N) is 2. The van der Waals surface area contributed by atoms with Gasteiger partial charge in [0.1, 0.15) is 16.4 Å². The number of hydrogen-bond donors (Lipinski definition) is 0. The molecular weight excluding hydrogens is 377 g/mol. The van der Waals surface area contributed by atoms with E-state index in [1.807, 2.05) is 0 Å². The van der Waals surface area contributed by atoms with Crippen molar-refractivity contribution >= 4 is 29.6 Å². The van der Waals surface area contributed by atoms with Crippen LogP contribution in [0.2, 0.25) is 5.15 Å². The van der Waals surface area contributed by atoms with Crippen LogP contribution in [0.4, 0.5) is 28.6 Å². The van der Waals surface area contributed by atoms with Crippen LogP contribution < -0.4 is 4.90 Å². The molecule has 0 saturated heterocycles. The number of ether oxygens (including phenoxy) is 2. The first kappa shape index (κ1) is 22.0. The molecule has 0 radical (unpaired) electrons. The fourth-order valence-corrected chi connectivity index (χ4v) is 1.89. The number of carbonyl (C=O) groups excluding carboxylic acids is 2. The van der Waals surface area contributed by atoms with E-state index in [0.717, 1.165) is 6.07 Å². The second-order valence-corrected chi connectivity index (χ2v) is 7.66. The fraction of sp³-hybridized carbons (Fsp3) is 0.562. The van der Waals surface area contributed by atoms with Gasteiger partial charge in [0.2, 0.25) is 0 Å². The first-order valence-corrected chi connectivity index (χ1v) is 7.89. The van der Waals surface area contributed by atoms with E-state index >= 15 is 0 Å². The summed E-state index contributed by atoms with van der Waals surface area (Å²) in [5.41, 5.74) is -3.13. The molecule has 1 aromatic rings. The molecule has 146 valence electrons. The normalized spacial score (nSPS) is 12.5. The predicted octanol–water partition coefficient (Wildman–Crippen LogP) is 5.43. The zero-order valence-corrected chi connectivity index (χ0v) is 15.9. The molecule has 0 fully saturated rings. The summed E-state index contributed by atoms with van der Waals surface area (Å²) < 4.78 is 48.7. The van der Waals surface area contributed by atoms with Crippen LogP contribution in [0.3, 0.4) is 0 Å². The van der Waals surface area contributed by atoms with Crippen molar-refractivity contribution in [1.29, 1.82) is 0 Å². The molecule has 0 aliphatic heterocycles. The standard InChI is InChI=1S/C16H20ClF3N2O4/c1-14(2,3)25-12(23)22(13(24)26-15(4,5)6)10-8-7-9(11(17)21-10)16(18,19)20/h7-8H,1-6H3. The summed E-state index contributed by atoms with van der Waals surface area (Å²) in [4.78, 5) is 28.7. The Hall–Kier alpha value is -2.03. The monoisotopic (exact) mass is 396 g/mol. The Kier molecular flexibility index (Phi) is 6.18. The van der Waals surface area contributed by atoms with E-state index < -0.39 is 46.1 Å². The lowest BCUT2D eigenvalue weighted by Gasteiger charge is -2.28. The van der Waals surface area contributed by atoms with Gasteiger partial charge >= 0.3 is 18.4 Å². The second kappa shape index (κ2) is 7.30. The lowest BCUT2D eigenvalue weighted by molar-refractivity contribution is -0.137. The van der Waals surface area contributed by atoms with Gasteiger partial charge in [-0.15, -0.1) is 0 Å². The number of imide groups is 1. The van der Waals surface area contributed by atoms with Crippen LogP contribution in [0.15, 0.2) is 12.1 Å². The Labute approximate surface area is 154 Å². The molecule has 0 aromatic carbocycles. The number of alkyl halides is 3. The van der Waals surface area contributed by atoms with Crippen LogP contribution in [-0.2, 0) is 15.7 Å². The fourth-order valence-electron chi connectivity index (χ4n) is 1.64. The van der Waals surface area contributed by atoms with Gasteiger partial charge in [0.05, 0.1) is 5.56 Å². The third kappa shape index (κ3) is 6.36. The van der Waals surface area contributed by atoms with Crippen molar-refractivity contribution in [2.24, 2.45) is 0 Å². The second-order valence-electron chi connectivity index (χ2n) is 7.30. The molecule has 2 amide bonds. The Morgan fingerprint density at radius 1 is 0.962 bits per heavy atom. The van der Waals surface area contributed by atoms with Crippen molar-refractivity contribution in [3.63, 3.8) is 0 Å². The van der Waals surface area contributed by atoms with Crippen molar-refractivity contribution in [3.05, 3.63) is 22.8 Å². The van der Waals surface area contributed by atoms with Crippen LogP contribution >= 0.6 is 11.6 Å². The van der Waals surface area contributed by atoms with E-state index in [-0.39, 0.29) is 0 Å². The Balaban J connectivity index is 3.34. The minimum absolute atomic E-state index is 0.391. The molecule has 6 nitrogen and oxygen atoms in total. The van der Waals surface area contributed by atoms with E-state index in [1.54, 1.807) is 41.5 Å². The number of carbonyl (C=O) groups is 2. The molecule has 26 heavy (non-hydrogen) atoms. The van der Waals surface area contributed by atoms with Crippen molar-refractivity contribution in [2.45, 2.75) is 58.9 Å². The van der Waals surface area contributed by atoms with E-state index in [0.29, 0.717) is 11.0 Å². The van der Waals surface area contributed by atoms with Crippen molar-refractivity contribution in [3.8, 4) is 0 Å².